The first-order valence-electron chi connectivity index (χ1n) is 3.94. The topological polar surface area (TPSA) is 42.9 Å². The van der Waals surface area contributed by atoms with Crippen LogP contribution in [0.1, 0.15) is 17.4 Å². The molecule has 0 aliphatic heterocycles. The van der Waals surface area contributed by atoms with Gasteiger partial charge in [-0.25, -0.2) is 0 Å². The highest BCUT2D eigenvalue weighted by Crippen LogP contribution is 1.89. The molecule has 0 aliphatic carbocycles. The first-order valence-corrected chi connectivity index (χ1v) is 4.78. The minimum absolute atomic E-state index is 0.407. The highest BCUT2D eigenvalue weighted by atomic mass is 32.1. The summed E-state index contributed by atoms with van der Waals surface area (Å²) in [4.78, 5) is 9.77. The van der Waals surface area contributed by atoms with E-state index < -0.39 is 0 Å². The van der Waals surface area contributed by atoms with E-state index in [2.05, 4.69) is 51.0 Å². The lowest BCUT2D eigenvalue weighted by Gasteiger charge is -1.62. The van der Waals surface area contributed by atoms with Gasteiger partial charge in [0.15, 0.2) is 6.29 Å². The molecule has 1 rings (SSSR count). The zero-order chi connectivity index (χ0) is 12.1. The van der Waals surface area contributed by atoms with Gasteiger partial charge >= 0.3 is 0 Å². The van der Waals surface area contributed by atoms with Crippen LogP contribution in [0.3, 0.4) is 0 Å². The van der Waals surface area contributed by atoms with E-state index in [9.17, 15) is 4.79 Å². The number of aldehydes is 1. The Kier molecular flexibility index (Phi) is 8.88. The fraction of sp³-hybridized carbons (Fsp3) is 0.0833. The van der Waals surface area contributed by atoms with E-state index in [1.165, 1.54) is 11.5 Å². The number of aromatic nitrogens is 2. The van der Waals surface area contributed by atoms with Crippen molar-refractivity contribution in [2.75, 3.05) is 0 Å². The molecule has 0 aromatic carbocycles. The molecule has 0 saturated heterocycles. The Morgan fingerprint density at radius 3 is 2.44 bits per heavy atom. The first kappa shape index (κ1) is 13.5. The van der Waals surface area contributed by atoms with Crippen molar-refractivity contribution in [2.45, 2.75) is 6.92 Å². The number of nitrogens with zero attached hydrogens (tertiary/aromatic N) is 2. The molecule has 4 heteroatoms. The third kappa shape index (κ3) is 8.09. The molecule has 16 heavy (non-hydrogen) atoms. The molecule has 0 aliphatic rings. The highest BCUT2D eigenvalue weighted by Gasteiger charge is 1.86. The maximum atomic E-state index is 9.77. The number of carbonyl (C=O) groups excluding carboxylic acids is 1. The number of hydrogen-bond donors (Lipinski definition) is 0. The maximum absolute atomic E-state index is 9.77. The summed E-state index contributed by atoms with van der Waals surface area (Å²) in [5.74, 6) is 17.0. The van der Waals surface area contributed by atoms with E-state index in [0.29, 0.717) is 12.0 Å². The zero-order valence-corrected chi connectivity index (χ0v) is 9.26. The van der Waals surface area contributed by atoms with E-state index in [1.54, 1.807) is 12.3 Å². The Bertz CT molecular complexity index is 534. The third-order valence-corrected chi connectivity index (χ3v) is 1.47. The summed E-state index contributed by atoms with van der Waals surface area (Å²) in [7, 11) is 0. The van der Waals surface area contributed by atoms with Crippen LogP contribution < -0.4 is 0 Å². The van der Waals surface area contributed by atoms with Crippen LogP contribution in [0.15, 0.2) is 5.38 Å². The van der Waals surface area contributed by atoms with Crippen LogP contribution >= 0.6 is 11.5 Å². The molecule has 1 heterocycles. The van der Waals surface area contributed by atoms with Crippen LogP contribution in [0, 0.1) is 47.9 Å². The van der Waals surface area contributed by atoms with Gasteiger partial charge in [0.2, 0.25) is 0 Å². The molecule has 0 radical (unpaired) electrons. The molecule has 0 spiro atoms. The van der Waals surface area contributed by atoms with Gasteiger partial charge in [-0.2, -0.15) is 0 Å². The van der Waals surface area contributed by atoms with Crippen LogP contribution in [-0.2, 0) is 0 Å². The zero-order valence-electron chi connectivity index (χ0n) is 8.44. The van der Waals surface area contributed by atoms with Crippen molar-refractivity contribution in [1.82, 2.24) is 9.59 Å². The van der Waals surface area contributed by atoms with Crippen molar-refractivity contribution >= 4 is 17.8 Å². The molecule has 0 fully saturated rings. The second-order valence-electron chi connectivity index (χ2n) is 1.97. The second kappa shape index (κ2) is 10.6. The summed E-state index contributed by atoms with van der Waals surface area (Å²) < 4.78 is 3.45. The van der Waals surface area contributed by atoms with E-state index in [-0.39, 0.29) is 0 Å². The Labute approximate surface area is 98.4 Å². The first-order chi connectivity index (χ1) is 7.85. The van der Waals surface area contributed by atoms with Crippen molar-refractivity contribution in [3.8, 4) is 47.9 Å². The van der Waals surface area contributed by atoms with Gasteiger partial charge in [-0.3, -0.25) is 4.79 Å². The Hall–Kier alpha value is -2.53. The van der Waals surface area contributed by atoms with Gasteiger partial charge in [0.1, 0.15) is 5.69 Å². The van der Waals surface area contributed by atoms with Gasteiger partial charge < -0.3 is 0 Å². The lowest BCUT2D eigenvalue weighted by atomic mass is 10.5. The molecule has 76 valence electrons. The van der Waals surface area contributed by atoms with Crippen LogP contribution in [-0.4, -0.2) is 15.9 Å². The van der Waals surface area contributed by atoms with Crippen molar-refractivity contribution < 1.29 is 4.79 Å². The third-order valence-electron chi connectivity index (χ3n) is 0.945. The molecule has 0 bridgehead atoms. The number of hydrogen-bond acceptors (Lipinski definition) is 4. The van der Waals surface area contributed by atoms with Gasteiger partial charge in [-0.15, -0.1) is 11.5 Å². The average Bonchev–Trinajstić information content (AvgIpc) is 2.83. The maximum Gasteiger partial charge on any atom is 0.171 e. The van der Waals surface area contributed by atoms with Gasteiger partial charge in [0, 0.05) is 5.38 Å². The molecular formula is C12H6N2OS. The average molecular weight is 226 g/mol. The van der Waals surface area contributed by atoms with E-state index >= 15 is 0 Å². The predicted octanol–water partition coefficient (Wildman–Crippen LogP) is 1.00. The Balaban J connectivity index is 0.000000288. The van der Waals surface area contributed by atoms with Crippen LogP contribution in [0.25, 0.3) is 0 Å². The SMILES string of the molecule is C#CC#CC#CC#CC.O=Cc1csnn1. The molecule has 0 atom stereocenters. The van der Waals surface area contributed by atoms with Crippen molar-refractivity contribution in [3.05, 3.63) is 11.1 Å². The van der Waals surface area contributed by atoms with Crippen molar-refractivity contribution in [2.24, 2.45) is 0 Å². The van der Waals surface area contributed by atoms with E-state index in [4.69, 9.17) is 6.42 Å². The number of carbonyl (C=O) groups is 1. The van der Waals surface area contributed by atoms with Crippen molar-refractivity contribution in [1.29, 1.82) is 0 Å². The minimum atomic E-state index is 0.407. The van der Waals surface area contributed by atoms with Gasteiger partial charge in [-0.05, 0) is 54.0 Å². The quantitative estimate of drug-likeness (QED) is 0.530. The predicted molar refractivity (Wildman–Crippen MR) is 63.1 cm³/mol. The summed E-state index contributed by atoms with van der Waals surface area (Å²) in [6.07, 6.45) is 5.49. The molecule has 1 aromatic rings. The minimum Gasteiger partial charge on any atom is -0.296 e. The monoisotopic (exact) mass is 226 g/mol. The molecule has 0 saturated carbocycles. The summed E-state index contributed by atoms with van der Waals surface area (Å²) in [6, 6.07) is 0. The normalized spacial score (nSPS) is 5.75. The smallest absolute Gasteiger partial charge is 0.171 e. The number of terminal acetylenes is 1. The Morgan fingerprint density at radius 1 is 1.31 bits per heavy atom. The van der Waals surface area contributed by atoms with Crippen LogP contribution in [0.2, 0.25) is 0 Å². The van der Waals surface area contributed by atoms with E-state index in [1.807, 2.05) is 0 Å². The lowest BCUT2D eigenvalue weighted by molar-refractivity contribution is 0.111. The van der Waals surface area contributed by atoms with Crippen LogP contribution in [0.5, 0.6) is 0 Å². The van der Waals surface area contributed by atoms with Crippen molar-refractivity contribution in [3.63, 3.8) is 0 Å². The molecule has 3 nitrogen and oxygen atoms in total. The van der Waals surface area contributed by atoms with Gasteiger partial charge in [0.05, 0.1) is 0 Å². The fourth-order valence-electron chi connectivity index (χ4n) is 0.416. The summed E-state index contributed by atoms with van der Waals surface area (Å²) in [6.45, 7) is 1.71. The molecule has 0 amide bonds. The molecular weight excluding hydrogens is 220 g/mol. The highest BCUT2D eigenvalue weighted by molar-refractivity contribution is 7.03. The number of rotatable bonds is 1. The summed E-state index contributed by atoms with van der Waals surface area (Å²) in [5, 5.41) is 5.03. The lowest BCUT2D eigenvalue weighted by Crippen LogP contribution is -1.75. The molecule has 0 unspecified atom stereocenters. The fourth-order valence-corrected chi connectivity index (χ4v) is 0.815. The van der Waals surface area contributed by atoms with E-state index in [0.717, 1.165) is 0 Å². The molecule has 1 aromatic heterocycles. The van der Waals surface area contributed by atoms with Gasteiger partial charge in [0.25, 0.3) is 0 Å². The summed E-state index contributed by atoms with van der Waals surface area (Å²) in [5.41, 5.74) is 0.407. The van der Waals surface area contributed by atoms with Gasteiger partial charge in [-0.1, -0.05) is 10.4 Å². The van der Waals surface area contributed by atoms with Crippen LogP contribution in [0.4, 0.5) is 0 Å². The largest absolute Gasteiger partial charge is 0.296 e. The summed E-state index contributed by atoms with van der Waals surface area (Å²) >= 11 is 1.17. The molecule has 0 N–H and O–H groups in total. The second-order valence-corrected chi connectivity index (χ2v) is 2.58. The Morgan fingerprint density at radius 2 is 2.00 bits per heavy atom. The standard InChI is InChI=1S/C9H4.C3H2N2OS/c1-3-5-7-9-8-6-4-2;6-1-3-2-7-5-4-3/h1H,2H3;1-2H.